The second-order valence-electron chi connectivity index (χ2n) is 4.25. The third-order valence-electron chi connectivity index (χ3n) is 2.78. The highest BCUT2D eigenvalue weighted by atomic mass is 35.5. The van der Waals surface area contributed by atoms with Crippen molar-refractivity contribution in [1.29, 1.82) is 0 Å². The predicted octanol–water partition coefficient (Wildman–Crippen LogP) is 2.36. The van der Waals surface area contributed by atoms with Crippen LogP contribution in [0.15, 0.2) is 0 Å². The Morgan fingerprint density at radius 1 is 1.43 bits per heavy atom. The Morgan fingerprint density at radius 2 is 2.14 bits per heavy atom. The highest BCUT2D eigenvalue weighted by Gasteiger charge is 2.27. The highest BCUT2D eigenvalue weighted by Crippen LogP contribution is 2.32. The number of alkyl halides is 1. The van der Waals surface area contributed by atoms with Crippen LogP contribution in [-0.4, -0.2) is 43.6 Å². The first-order valence-electron chi connectivity index (χ1n) is 5.62. The molecule has 1 saturated carbocycles. The maximum atomic E-state index is 5.93. The normalized spacial score (nSPS) is 26.6. The van der Waals surface area contributed by atoms with Crippen molar-refractivity contribution < 1.29 is 4.74 Å². The molecule has 14 heavy (non-hydrogen) atoms. The standard InChI is InChI=1S/C11H22ClNO/c1-3-14-6-4-5-13(2)9-10-7-11(12)8-10/h10-11H,3-9H2,1-2H3. The van der Waals surface area contributed by atoms with Gasteiger partial charge in [0.15, 0.2) is 0 Å². The molecule has 0 unspecified atom stereocenters. The lowest BCUT2D eigenvalue weighted by Gasteiger charge is -2.34. The molecule has 3 heteroatoms. The molecule has 0 N–H and O–H groups in total. The third-order valence-corrected chi connectivity index (χ3v) is 3.14. The zero-order chi connectivity index (χ0) is 10.4. The minimum atomic E-state index is 0.455. The molecule has 0 aliphatic heterocycles. The molecule has 0 atom stereocenters. The van der Waals surface area contributed by atoms with Gasteiger partial charge in [-0.15, -0.1) is 11.6 Å². The molecule has 84 valence electrons. The van der Waals surface area contributed by atoms with Gasteiger partial charge >= 0.3 is 0 Å². The molecule has 1 aliphatic rings. The lowest BCUT2D eigenvalue weighted by Crippen LogP contribution is -2.35. The molecule has 0 amide bonds. The van der Waals surface area contributed by atoms with Crippen molar-refractivity contribution in [3.63, 3.8) is 0 Å². The molecule has 0 aromatic heterocycles. The Hall–Kier alpha value is 0.210. The van der Waals surface area contributed by atoms with E-state index in [9.17, 15) is 0 Å². The van der Waals surface area contributed by atoms with Gasteiger partial charge in [0.25, 0.3) is 0 Å². The van der Waals surface area contributed by atoms with Gasteiger partial charge in [-0.1, -0.05) is 0 Å². The Kier molecular flexibility index (Phi) is 5.83. The van der Waals surface area contributed by atoms with Gasteiger partial charge in [0.05, 0.1) is 0 Å². The van der Waals surface area contributed by atoms with E-state index in [4.69, 9.17) is 16.3 Å². The van der Waals surface area contributed by atoms with Crippen molar-refractivity contribution in [3.8, 4) is 0 Å². The van der Waals surface area contributed by atoms with Crippen molar-refractivity contribution >= 4 is 11.6 Å². The van der Waals surface area contributed by atoms with E-state index >= 15 is 0 Å². The second-order valence-corrected chi connectivity index (χ2v) is 4.86. The van der Waals surface area contributed by atoms with E-state index in [0.717, 1.165) is 32.1 Å². The van der Waals surface area contributed by atoms with Crippen molar-refractivity contribution in [1.82, 2.24) is 4.90 Å². The van der Waals surface area contributed by atoms with Crippen LogP contribution in [0.1, 0.15) is 26.2 Å². The Balaban J connectivity index is 1.91. The summed E-state index contributed by atoms with van der Waals surface area (Å²) < 4.78 is 5.30. The van der Waals surface area contributed by atoms with E-state index in [2.05, 4.69) is 11.9 Å². The second kappa shape index (κ2) is 6.65. The first-order chi connectivity index (χ1) is 6.72. The fourth-order valence-corrected chi connectivity index (χ4v) is 2.42. The number of hydrogen-bond donors (Lipinski definition) is 0. The topological polar surface area (TPSA) is 12.5 Å². The summed E-state index contributed by atoms with van der Waals surface area (Å²) in [5, 5.41) is 0.455. The largest absolute Gasteiger partial charge is 0.382 e. The van der Waals surface area contributed by atoms with Gasteiger partial charge < -0.3 is 9.64 Å². The monoisotopic (exact) mass is 219 g/mol. The maximum absolute atomic E-state index is 5.93. The molecule has 0 aromatic carbocycles. The van der Waals surface area contributed by atoms with Crippen molar-refractivity contribution in [3.05, 3.63) is 0 Å². The minimum Gasteiger partial charge on any atom is -0.382 e. The molecule has 1 rings (SSSR count). The zero-order valence-corrected chi connectivity index (χ0v) is 10.1. The zero-order valence-electron chi connectivity index (χ0n) is 9.34. The summed E-state index contributed by atoms with van der Waals surface area (Å²) in [7, 11) is 2.19. The van der Waals surface area contributed by atoms with Crippen molar-refractivity contribution in [2.45, 2.75) is 31.6 Å². The van der Waals surface area contributed by atoms with Crippen molar-refractivity contribution in [2.75, 3.05) is 33.4 Å². The first kappa shape index (κ1) is 12.3. The highest BCUT2D eigenvalue weighted by molar-refractivity contribution is 6.21. The summed E-state index contributed by atoms with van der Waals surface area (Å²) in [5.41, 5.74) is 0. The molecule has 0 radical (unpaired) electrons. The predicted molar refractivity (Wildman–Crippen MR) is 61.0 cm³/mol. The summed E-state index contributed by atoms with van der Waals surface area (Å²) in [5.74, 6) is 0.842. The van der Waals surface area contributed by atoms with E-state index < -0.39 is 0 Å². The quantitative estimate of drug-likeness (QED) is 0.482. The number of hydrogen-bond acceptors (Lipinski definition) is 2. The molecule has 2 nitrogen and oxygen atoms in total. The smallest absolute Gasteiger partial charge is 0.0478 e. The number of halogens is 1. The molecule has 1 aliphatic carbocycles. The van der Waals surface area contributed by atoms with Crippen LogP contribution < -0.4 is 0 Å². The van der Waals surface area contributed by atoms with Crippen LogP contribution in [0.2, 0.25) is 0 Å². The Bertz CT molecular complexity index is 148. The number of nitrogens with zero attached hydrogens (tertiary/aromatic N) is 1. The summed E-state index contributed by atoms with van der Waals surface area (Å²) in [4.78, 5) is 2.40. The molecule has 0 spiro atoms. The van der Waals surface area contributed by atoms with E-state index in [1.165, 1.54) is 19.4 Å². The van der Waals surface area contributed by atoms with E-state index in [1.807, 2.05) is 6.92 Å². The maximum Gasteiger partial charge on any atom is 0.0478 e. The first-order valence-corrected chi connectivity index (χ1v) is 6.06. The molecule has 0 bridgehead atoms. The van der Waals surface area contributed by atoms with Crippen LogP contribution in [0.5, 0.6) is 0 Å². The van der Waals surface area contributed by atoms with Gasteiger partial charge in [0.1, 0.15) is 0 Å². The Morgan fingerprint density at radius 3 is 2.71 bits per heavy atom. The number of rotatable bonds is 7. The van der Waals surface area contributed by atoms with Crippen LogP contribution in [0.3, 0.4) is 0 Å². The molecular formula is C11H22ClNO. The molecule has 0 aromatic rings. The van der Waals surface area contributed by atoms with Crippen LogP contribution in [0.25, 0.3) is 0 Å². The lowest BCUT2D eigenvalue weighted by molar-refractivity contribution is 0.129. The Labute approximate surface area is 92.6 Å². The third kappa shape index (κ3) is 4.63. The molecule has 0 saturated heterocycles. The van der Waals surface area contributed by atoms with E-state index in [0.29, 0.717) is 5.38 Å². The average Bonchev–Trinajstić information content (AvgIpc) is 2.10. The molecule has 1 fully saturated rings. The summed E-state index contributed by atoms with van der Waals surface area (Å²) in [6.07, 6.45) is 3.55. The van der Waals surface area contributed by atoms with Crippen LogP contribution in [0, 0.1) is 5.92 Å². The van der Waals surface area contributed by atoms with Gasteiger partial charge in [-0.3, -0.25) is 0 Å². The van der Waals surface area contributed by atoms with Crippen LogP contribution >= 0.6 is 11.6 Å². The van der Waals surface area contributed by atoms with Gasteiger partial charge in [-0.25, -0.2) is 0 Å². The van der Waals surface area contributed by atoms with E-state index in [1.54, 1.807) is 0 Å². The minimum absolute atomic E-state index is 0.455. The molecule has 0 heterocycles. The lowest BCUT2D eigenvalue weighted by atomic mass is 9.84. The van der Waals surface area contributed by atoms with Gasteiger partial charge in [-0.2, -0.15) is 0 Å². The SMILES string of the molecule is CCOCCCN(C)CC1CC(Cl)C1. The average molecular weight is 220 g/mol. The van der Waals surface area contributed by atoms with Gasteiger partial charge in [-0.05, 0) is 39.2 Å². The van der Waals surface area contributed by atoms with Gasteiger partial charge in [0.2, 0.25) is 0 Å². The summed E-state index contributed by atoms with van der Waals surface area (Å²) in [6.45, 7) is 6.11. The van der Waals surface area contributed by atoms with Crippen LogP contribution in [-0.2, 0) is 4.74 Å². The summed E-state index contributed by atoms with van der Waals surface area (Å²) >= 11 is 5.93. The van der Waals surface area contributed by atoms with Crippen molar-refractivity contribution in [2.24, 2.45) is 5.92 Å². The van der Waals surface area contributed by atoms with Crippen LogP contribution in [0.4, 0.5) is 0 Å². The van der Waals surface area contributed by atoms with E-state index in [-0.39, 0.29) is 0 Å². The number of ether oxygens (including phenoxy) is 1. The van der Waals surface area contributed by atoms with Gasteiger partial charge in [0, 0.05) is 31.7 Å². The molecular weight excluding hydrogens is 198 g/mol. The summed E-state index contributed by atoms with van der Waals surface area (Å²) in [6, 6.07) is 0. The fourth-order valence-electron chi connectivity index (χ4n) is 1.92. The fraction of sp³-hybridized carbons (Fsp3) is 1.00.